The van der Waals surface area contributed by atoms with Crippen LogP contribution in [0.2, 0.25) is 0 Å². The van der Waals surface area contributed by atoms with Gasteiger partial charge in [0.05, 0.1) is 11.3 Å². The van der Waals surface area contributed by atoms with Crippen molar-refractivity contribution in [2.75, 3.05) is 18.5 Å². The minimum absolute atomic E-state index is 0.0214. The first-order valence-corrected chi connectivity index (χ1v) is 11.0. The molecule has 0 fully saturated rings. The van der Waals surface area contributed by atoms with E-state index >= 15 is 0 Å². The van der Waals surface area contributed by atoms with Crippen LogP contribution >= 0.6 is 0 Å². The van der Waals surface area contributed by atoms with E-state index in [2.05, 4.69) is 22.8 Å². The Morgan fingerprint density at radius 2 is 1.60 bits per heavy atom. The van der Waals surface area contributed by atoms with Gasteiger partial charge in [-0.3, -0.25) is 4.79 Å². The lowest BCUT2D eigenvalue weighted by Gasteiger charge is -2.14. The maximum absolute atomic E-state index is 14.2. The van der Waals surface area contributed by atoms with E-state index in [9.17, 15) is 18.8 Å². The molecule has 8 heteroatoms. The number of benzene rings is 3. The number of halogens is 1. The molecular weight excluding hydrogens is 451 g/mol. The van der Waals surface area contributed by atoms with E-state index in [1.54, 1.807) is 0 Å². The van der Waals surface area contributed by atoms with Crippen LogP contribution < -0.4 is 10.6 Å². The maximum atomic E-state index is 14.2. The topological polar surface area (TPSA) is 105 Å². The van der Waals surface area contributed by atoms with Gasteiger partial charge in [0.25, 0.3) is 5.91 Å². The van der Waals surface area contributed by atoms with Crippen molar-refractivity contribution in [2.24, 2.45) is 0 Å². The molecule has 7 nitrogen and oxygen atoms in total. The summed E-state index contributed by atoms with van der Waals surface area (Å²) in [7, 11) is 0. The Morgan fingerprint density at radius 3 is 2.23 bits per heavy atom. The van der Waals surface area contributed by atoms with Crippen LogP contribution in [0.4, 0.5) is 14.9 Å². The fourth-order valence-electron chi connectivity index (χ4n) is 4.04. The molecule has 0 saturated heterocycles. The summed E-state index contributed by atoms with van der Waals surface area (Å²) in [6.45, 7) is 1.68. The molecule has 0 spiro atoms. The predicted octanol–water partition coefficient (Wildman–Crippen LogP) is 4.95. The van der Waals surface area contributed by atoms with Crippen molar-refractivity contribution in [3.05, 3.63) is 101 Å². The molecule has 4 rings (SSSR count). The van der Waals surface area contributed by atoms with E-state index in [1.165, 1.54) is 25.1 Å². The number of carbonyl (C=O) groups excluding carboxylic acids is 2. The zero-order valence-electron chi connectivity index (χ0n) is 18.9. The highest BCUT2D eigenvalue weighted by Gasteiger charge is 2.28. The van der Waals surface area contributed by atoms with E-state index in [4.69, 9.17) is 9.84 Å². The van der Waals surface area contributed by atoms with Gasteiger partial charge in [-0.15, -0.1) is 0 Å². The fourth-order valence-corrected chi connectivity index (χ4v) is 4.04. The molecule has 0 radical (unpaired) electrons. The first-order valence-electron chi connectivity index (χ1n) is 11.0. The van der Waals surface area contributed by atoms with Crippen LogP contribution in [0, 0.1) is 5.82 Å². The van der Waals surface area contributed by atoms with Gasteiger partial charge in [-0.05, 0) is 41.3 Å². The zero-order chi connectivity index (χ0) is 24.9. The Bertz CT molecular complexity index is 1290. The molecule has 1 aliphatic rings. The second-order valence-electron chi connectivity index (χ2n) is 8.02. The van der Waals surface area contributed by atoms with E-state index in [1.807, 2.05) is 36.4 Å². The van der Waals surface area contributed by atoms with Gasteiger partial charge in [-0.1, -0.05) is 60.7 Å². The molecule has 0 bridgehead atoms. The molecule has 0 unspecified atom stereocenters. The van der Waals surface area contributed by atoms with Crippen LogP contribution in [0.3, 0.4) is 0 Å². The van der Waals surface area contributed by atoms with Gasteiger partial charge in [0.1, 0.15) is 6.61 Å². The lowest BCUT2D eigenvalue weighted by atomic mass is 9.98. The van der Waals surface area contributed by atoms with Crippen molar-refractivity contribution < 1.29 is 28.6 Å². The Balaban J connectivity index is 1.31. The number of alkyl carbamates (subject to hydrolysis) is 1. The Kier molecular flexibility index (Phi) is 6.91. The van der Waals surface area contributed by atoms with Gasteiger partial charge in [-0.25, -0.2) is 14.0 Å². The van der Waals surface area contributed by atoms with E-state index in [0.29, 0.717) is 0 Å². The number of nitrogens with one attached hydrogen (secondary N) is 2. The highest BCUT2D eigenvalue weighted by Crippen LogP contribution is 2.44. The van der Waals surface area contributed by atoms with Crippen LogP contribution in [0.15, 0.2) is 78.4 Å². The molecule has 178 valence electrons. The summed E-state index contributed by atoms with van der Waals surface area (Å²) in [5, 5.41) is 13.9. The maximum Gasteiger partial charge on any atom is 0.407 e. The van der Waals surface area contributed by atoms with Crippen molar-refractivity contribution in [1.29, 1.82) is 0 Å². The highest BCUT2D eigenvalue weighted by atomic mass is 19.1. The molecule has 0 heterocycles. The van der Waals surface area contributed by atoms with Crippen molar-refractivity contribution >= 4 is 23.7 Å². The van der Waals surface area contributed by atoms with E-state index in [-0.39, 0.29) is 30.3 Å². The van der Waals surface area contributed by atoms with Crippen LogP contribution in [0.1, 0.15) is 34.3 Å². The Morgan fingerprint density at radius 1 is 0.971 bits per heavy atom. The number of hydrogen-bond acceptors (Lipinski definition) is 4. The number of ether oxygens (including phenoxy) is 1. The number of carboxylic acids is 1. The lowest BCUT2D eigenvalue weighted by molar-refractivity contribution is -0.112. The van der Waals surface area contributed by atoms with Crippen molar-refractivity contribution in [2.45, 2.75) is 12.8 Å². The number of carbonyl (C=O) groups is 3. The molecule has 0 saturated carbocycles. The zero-order valence-corrected chi connectivity index (χ0v) is 18.9. The third kappa shape index (κ3) is 5.06. The van der Waals surface area contributed by atoms with Crippen LogP contribution in [-0.2, 0) is 9.53 Å². The van der Waals surface area contributed by atoms with Crippen LogP contribution in [0.25, 0.3) is 11.1 Å². The highest BCUT2D eigenvalue weighted by molar-refractivity contribution is 6.04. The Hall–Kier alpha value is -4.46. The number of carboxylic acid groups (broad SMARTS) is 1. The molecule has 3 aromatic rings. The summed E-state index contributed by atoms with van der Waals surface area (Å²) in [6, 6.07) is 19.7. The van der Waals surface area contributed by atoms with Crippen LogP contribution in [-0.4, -0.2) is 36.2 Å². The monoisotopic (exact) mass is 474 g/mol. The molecule has 35 heavy (non-hydrogen) atoms. The summed E-state index contributed by atoms with van der Waals surface area (Å²) in [6.07, 6.45) is 0.826. The van der Waals surface area contributed by atoms with Crippen LogP contribution in [0.5, 0.6) is 0 Å². The fraction of sp³-hybridized carbons (Fsp3) is 0.148. The van der Waals surface area contributed by atoms with Gasteiger partial charge >= 0.3 is 12.1 Å². The van der Waals surface area contributed by atoms with Gasteiger partial charge in [0, 0.05) is 18.0 Å². The third-order valence-electron chi connectivity index (χ3n) is 5.83. The molecule has 0 aliphatic heterocycles. The molecule has 0 aromatic heterocycles. The number of rotatable bonds is 7. The minimum atomic E-state index is -1.43. The van der Waals surface area contributed by atoms with E-state index in [0.717, 1.165) is 28.3 Å². The summed E-state index contributed by atoms with van der Waals surface area (Å²) < 4.78 is 19.7. The molecule has 1 aliphatic carbocycles. The molecule has 0 atom stereocenters. The molecule has 3 aromatic carbocycles. The van der Waals surface area contributed by atoms with Gasteiger partial charge in [0.15, 0.2) is 5.82 Å². The number of amides is 2. The Labute approximate surface area is 201 Å². The van der Waals surface area contributed by atoms with Gasteiger partial charge in [0.2, 0.25) is 0 Å². The average Bonchev–Trinajstić information content (AvgIpc) is 3.17. The summed E-state index contributed by atoms with van der Waals surface area (Å²) >= 11 is 0. The summed E-state index contributed by atoms with van der Waals surface area (Å²) in [5.41, 5.74) is 3.90. The number of hydrogen-bond donors (Lipinski definition) is 3. The van der Waals surface area contributed by atoms with Crippen molar-refractivity contribution in [3.63, 3.8) is 0 Å². The summed E-state index contributed by atoms with van der Waals surface area (Å²) in [5.74, 6) is -3.15. The lowest BCUT2D eigenvalue weighted by Crippen LogP contribution is -2.26. The summed E-state index contributed by atoms with van der Waals surface area (Å²) in [4.78, 5) is 35.6. The predicted molar refractivity (Wildman–Crippen MR) is 129 cm³/mol. The third-order valence-corrected chi connectivity index (χ3v) is 5.83. The number of aromatic carboxylic acids is 1. The van der Waals surface area contributed by atoms with Gasteiger partial charge in [-0.2, -0.15) is 0 Å². The quantitative estimate of drug-likeness (QED) is 0.421. The normalized spacial score (nSPS) is 12.5. The van der Waals surface area contributed by atoms with E-state index < -0.39 is 29.4 Å². The molecular formula is C27H23FN2O5. The smallest absolute Gasteiger partial charge is 0.407 e. The van der Waals surface area contributed by atoms with Gasteiger partial charge < -0.3 is 20.5 Å². The second kappa shape index (κ2) is 10.2. The first-order chi connectivity index (χ1) is 16.9. The van der Waals surface area contributed by atoms with Crippen molar-refractivity contribution in [1.82, 2.24) is 5.32 Å². The minimum Gasteiger partial charge on any atom is -0.478 e. The molecule has 3 N–H and O–H groups in total. The first kappa shape index (κ1) is 23.7. The number of anilines is 1. The largest absolute Gasteiger partial charge is 0.478 e. The second-order valence-corrected chi connectivity index (χ2v) is 8.02. The molecule has 2 amide bonds. The average molecular weight is 474 g/mol. The SMILES string of the molecule is C/C(=C\CNC(=O)OCC1c2ccccc2-c2ccccc21)C(=O)Nc1cccc(C(=O)O)c1F. The number of fused-ring (bicyclic) bond motifs is 3. The van der Waals surface area contributed by atoms with Crippen molar-refractivity contribution in [3.8, 4) is 11.1 Å². The standard InChI is InChI=1S/C27H23FN2O5/c1-16(25(31)30-23-12-6-11-21(24(23)28)26(32)33)13-14-29-27(34)35-15-22-19-9-4-2-7-17(19)18-8-3-5-10-20(18)22/h2-13,22H,14-15H2,1H3,(H,29,34)(H,30,31)(H,32,33)/b16-13+.